The Morgan fingerprint density at radius 3 is 2.43 bits per heavy atom. The fourth-order valence-electron chi connectivity index (χ4n) is 1.19. The van der Waals surface area contributed by atoms with E-state index < -0.39 is 0 Å². The average molecular weight is 195 g/mol. The molecule has 0 aromatic heterocycles. The van der Waals surface area contributed by atoms with Gasteiger partial charge in [-0.15, -0.1) is 0 Å². The topological polar surface area (TPSA) is 61.5 Å². The van der Waals surface area contributed by atoms with E-state index in [2.05, 4.69) is 0 Å². The van der Waals surface area contributed by atoms with Crippen LogP contribution in [0.4, 0.5) is 0 Å². The van der Waals surface area contributed by atoms with Gasteiger partial charge in [0.25, 0.3) is 0 Å². The average Bonchev–Trinajstić information content (AvgIpc) is 2.16. The van der Waals surface area contributed by atoms with Crippen LogP contribution in [0.2, 0.25) is 0 Å². The van der Waals surface area contributed by atoms with Crippen molar-refractivity contribution in [2.45, 2.75) is 6.42 Å². The molecule has 0 saturated carbocycles. The van der Waals surface area contributed by atoms with Gasteiger partial charge in [0.1, 0.15) is 0 Å². The van der Waals surface area contributed by atoms with E-state index >= 15 is 0 Å². The van der Waals surface area contributed by atoms with Gasteiger partial charge in [-0.1, -0.05) is 6.07 Å². The van der Waals surface area contributed by atoms with Crippen molar-refractivity contribution in [2.75, 3.05) is 14.2 Å². The SMILES string of the molecule is COc1ccc(CC(N)=O)cc1OC. The maximum Gasteiger partial charge on any atom is 0.221 e. The fraction of sp³-hybridized carbons (Fsp3) is 0.300. The minimum atomic E-state index is -0.364. The predicted octanol–water partition coefficient (Wildman–Crippen LogP) is 0.732. The standard InChI is InChI=1S/C10H13NO3/c1-13-8-4-3-7(6-10(11)12)5-9(8)14-2/h3-5H,6H2,1-2H3,(H2,11,12). The summed E-state index contributed by atoms with van der Waals surface area (Å²) in [6, 6.07) is 5.27. The zero-order chi connectivity index (χ0) is 10.6. The Morgan fingerprint density at radius 2 is 1.93 bits per heavy atom. The van der Waals surface area contributed by atoms with E-state index in [0.717, 1.165) is 5.56 Å². The van der Waals surface area contributed by atoms with Gasteiger partial charge < -0.3 is 15.2 Å². The first-order valence-corrected chi connectivity index (χ1v) is 4.16. The molecule has 0 fully saturated rings. The lowest BCUT2D eigenvalue weighted by atomic mass is 10.1. The lowest BCUT2D eigenvalue weighted by Gasteiger charge is -2.08. The van der Waals surface area contributed by atoms with Gasteiger partial charge in [0, 0.05) is 0 Å². The monoisotopic (exact) mass is 195 g/mol. The van der Waals surface area contributed by atoms with Crippen LogP contribution in [0.1, 0.15) is 5.56 Å². The maximum absolute atomic E-state index is 10.7. The van der Waals surface area contributed by atoms with Gasteiger partial charge in [0.2, 0.25) is 5.91 Å². The summed E-state index contributed by atoms with van der Waals surface area (Å²) in [5.41, 5.74) is 5.89. The Labute approximate surface area is 82.6 Å². The van der Waals surface area contributed by atoms with E-state index in [1.54, 1.807) is 32.4 Å². The third kappa shape index (κ3) is 2.39. The summed E-state index contributed by atoms with van der Waals surface area (Å²) in [6.45, 7) is 0. The molecule has 0 aliphatic carbocycles. The maximum atomic E-state index is 10.7. The van der Waals surface area contributed by atoms with Crippen molar-refractivity contribution in [1.29, 1.82) is 0 Å². The Kier molecular flexibility index (Phi) is 3.34. The third-order valence-electron chi connectivity index (χ3n) is 1.83. The second kappa shape index (κ2) is 4.50. The smallest absolute Gasteiger partial charge is 0.221 e. The van der Waals surface area contributed by atoms with E-state index in [1.165, 1.54) is 0 Å². The molecule has 0 bridgehead atoms. The van der Waals surface area contributed by atoms with E-state index in [9.17, 15) is 4.79 Å². The van der Waals surface area contributed by atoms with Crippen LogP contribution in [0.5, 0.6) is 11.5 Å². The molecule has 0 radical (unpaired) electrons. The summed E-state index contributed by atoms with van der Waals surface area (Å²) in [5, 5.41) is 0. The molecule has 4 heteroatoms. The molecule has 0 aliphatic heterocycles. The number of amides is 1. The largest absolute Gasteiger partial charge is 0.493 e. The number of hydrogen-bond donors (Lipinski definition) is 1. The van der Waals surface area contributed by atoms with E-state index in [0.29, 0.717) is 11.5 Å². The van der Waals surface area contributed by atoms with Gasteiger partial charge in [-0.05, 0) is 17.7 Å². The summed E-state index contributed by atoms with van der Waals surface area (Å²) in [6.07, 6.45) is 0.209. The number of carbonyl (C=O) groups excluding carboxylic acids is 1. The number of benzene rings is 1. The molecular formula is C10H13NO3. The Morgan fingerprint density at radius 1 is 1.29 bits per heavy atom. The second-order valence-corrected chi connectivity index (χ2v) is 2.83. The molecule has 0 heterocycles. The van der Waals surface area contributed by atoms with Crippen molar-refractivity contribution in [3.05, 3.63) is 23.8 Å². The molecule has 0 unspecified atom stereocenters. The highest BCUT2D eigenvalue weighted by Gasteiger charge is 2.05. The minimum Gasteiger partial charge on any atom is -0.493 e. The summed E-state index contributed by atoms with van der Waals surface area (Å²) in [7, 11) is 3.11. The van der Waals surface area contributed by atoms with Gasteiger partial charge >= 0.3 is 0 Å². The number of ether oxygens (including phenoxy) is 2. The fourth-order valence-corrected chi connectivity index (χ4v) is 1.19. The molecule has 4 nitrogen and oxygen atoms in total. The molecule has 1 rings (SSSR count). The lowest BCUT2D eigenvalue weighted by Crippen LogP contribution is -2.13. The molecule has 0 spiro atoms. The zero-order valence-electron chi connectivity index (χ0n) is 8.24. The number of carbonyl (C=O) groups is 1. The molecule has 76 valence electrons. The lowest BCUT2D eigenvalue weighted by molar-refractivity contribution is -0.117. The van der Waals surface area contributed by atoms with Crippen LogP contribution >= 0.6 is 0 Å². The van der Waals surface area contributed by atoms with Crippen LogP contribution in [0.3, 0.4) is 0 Å². The molecule has 0 saturated heterocycles. The number of hydrogen-bond acceptors (Lipinski definition) is 3. The molecule has 1 amide bonds. The first-order valence-electron chi connectivity index (χ1n) is 4.16. The van der Waals surface area contributed by atoms with E-state index in [4.69, 9.17) is 15.2 Å². The third-order valence-corrected chi connectivity index (χ3v) is 1.83. The number of primary amides is 1. The van der Waals surface area contributed by atoms with Crippen LogP contribution in [0, 0.1) is 0 Å². The summed E-state index contributed by atoms with van der Waals surface area (Å²) >= 11 is 0. The van der Waals surface area contributed by atoms with Crippen molar-refractivity contribution < 1.29 is 14.3 Å². The summed E-state index contributed by atoms with van der Waals surface area (Å²) in [5.74, 6) is 0.879. The van der Waals surface area contributed by atoms with Crippen molar-refractivity contribution in [3.63, 3.8) is 0 Å². The Balaban J connectivity index is 2.95. The number of nitrogens with two attached hydrogens (primary N) is 1. The highest BCUT2D eigenvalue weighted by Crippen LogP contribution is 2.27. The molecule has 14 heavy (non-hydrogen) atoms. The highest BCUT2D eigenvalue weighted by atomic mass is 16.5. The number of methoxy groups -OCH3 is 2. The zero-order valence-corrected chi connectivity index (χ0v) is 8.24. The van der Waals surface area contributed by atoms with Crippen molar-refractivity contribution in [1.82, 2.24) is 0 Å². The van der Waals surface area contributed by atoms with Crippen molar-refractivity contribution in [2.24, 2.45) is 5.73 Å². The molecule has 2 N–H and O–H groups in total. The Hall–Kier alpha value is -1.71. The number of rotatable bonds is 4. The molecule has 0 atom stereocenters. The van der Waals surface area contributed by atoms with Crippen LogP contribution in [-0.2, 0) is 11.2 Å². The van der Waals surface area contributed by atoms with Gasteiger partial charge in [0.15, 0.2) is 11.5 Å². The van der Waals surface area contributed by atoms with Gasteiger partial charge in [-0.2, -0.15) is 0 Å². The first-order chi connectivity index (χ1) is 6.67. The Bertz CT molecular complexity index is 336. The van der Waals surface area contributed by atoms with Crippen LogP contribution < -0.4 is 15.2 Å². The quantitative estimate of drug-likeness (QED) is 0.770. The van der Waals surface area contributed by atoms with Crippen LogP contribution in [0.25, 0.3) is 0 Å². The van der Waals surface area contributed by atoms with Gasteiger partial charge in [-0.3, -0.25) is 4.79 Å². The predicted molar refractivity (Wildman–Crippen MR) is 52.4 cm³/mol. The minimum absolute atomic E-state index is 0.209. The molecule has 0 aliphatic rings. The van der Waals surface area contributed by atoms with Crippen molar-refractivity contribution >= 4 is 5.91 Å². The summed E-state index contributed by atoms with van der Waals surface area (Å²) < 4.78 is 10.1. The molecular weight excluding hydrogens is 182 g/mol. The van der Waals surface area contributed by atoms with E-state index in [1.807, 2.05) is 0 Å². The summed E-state index contributed by atoms with van der Waals surface area (Å²) in [4.78, 5) is 10.7. The van der Waals surface area contributed by atoms with E-state index in [-0.39, 0.29) is 12.3 Å². The first kappa shape index (κ1) is 10.4. The van der Waals surface area contributed by atoms with Crippen LogP contribution in [0.15, 0.2) is 18.2 Å². The van der Waals surface area contributed by atoms with Crippen molar-refractivity contribution in [3.8, 4) is 11.5 Å². The van der Waals surface area contributed by atoms with Gasteiger partial charge in [0.05, 0.1) is 20.6 Å². The molecule has 1 aromatic carbocycles. The second-order valence-electron chi connectivity index (χ2n) is 2.83. The highest BCUT2D eigenvalue weighted by molar-refractivity contribution is 5.76. The van der Waals surface area contributed by atoms with Crippen LogP contribution in [-0.4, -0.2) is 20.1 Å². The normalized spacial score (nSPS) is 9.57. The van der Waals surface area contributed by atoms with Gasteiger partial charge in [-0.25, -0.2) is 0 Å². The molecule has 1 aromatic rings.